The first-order valence-corrected chi connectivity index (χ1v) is 10.8. The summed E-state index contributed by atoms with van der Waals surface area (Å²) in [6.45, 7) is 0.0691. The number of aliphatic carboxylic acids is 3. The van der Waals surface area contributed by atoms with Crippen LogP contribution in [-0.4, -0.2) is 93.5 Å². The summed E-state index contributed by atoms with van der Waals surface area (Å²) in [4.78, 5) is 85.9. The van der Waals surface area contributed by atoms with E-state index in [0.29, 0.717) is 0 Å². The molecular weight excluding hydrogens is 500 g/mol. The largest absolute Gasteiger partial charge is 0.481 e. The third-order valence-corrected chi connectivity index (χ3v) is 4.61. The van der Waals surface area contributed by atoms with Crippen LogP contribution < -0.4 is 38.9 Å². The number of carbonyl (C=O) groups is 7. The zero-order chi connectivity index (χ0) is 28.7. The van der Waals surface area contributed by atoms with Crippen molar-refractivity contribution < 1.29 is 48.9 Å². The zero-order valence-corrected chi connectivity index (χ0v) is 19.7. The van der Waals surface area contributed by atoms with Crippen LogP contribution >= 0.6 is 0 Å². The second-order valence-electron chi connectivity index (χ2n) is 7.78. The molecule has 0 aromatic carbocycles. The molecule has 18 heteroatoms. The molecule has 0 aliphatic rings. The summed E-state index contributed by atoms with van der Waals surface area (Å²) in [6, 6.07) is -6.31. The van der Waals surface area contributed by atoms with Crippen molar-refractivity contribution in [3.8, 4) is 0 Å². The number of hydrogen-bond donors (Lipinski definition) is 10. The molecule has 0 saturated carbocycles. The van der Waals surface area contributed by atoms with Gasteiger partial charge < -0.3 is 54.2 Å². The maximum atomic E-state index is 12.7. The molecule has 0 bridgehead atoms. The van der Waals surface area contributed by atoms with Gasteiger partial charge in [-0.3, -0.25) is 33.8 Å². The highest BCUT2D eigenvalue weighted by Crippen LogP contribution is 2.05. The van der Waals surface area contributed by atoms with E-state index in [1.165, 1.54) is 0 Å². The Labute approximate surface area is 210 Å². The van der Waals surface area contributed by atoms with Crippen LogP contribution in [0.25, 0.3) is 0 Å². The number of aliphatic imine (C=N–C) groups is 1. The van der Waals surface area contributed by atoms with E-state index in [-0.39, 0.29) is 25.3 Å². The van der Waals surface area contributed by atoms with Crippen molar-refractivity contribution >= 4 is 47.5 Å². The average molecular weight is 533 g/mol. The van der Waals surface area contributed by atoms with E-state index >= 15 is 0 Å². The van der Waals surface area contributed by atoms with E-state index < -0.39 is 91.4 Å². The molecule has 37 heavy (non-hydrogen) atoms. The van der Waals surface area contributed by atoms with Crippen molar-refractivity contribution in [1.82, 2.24) is 16.0 Å². The Morgan fingerprint density at radius 1 is 0.703 bits per heavy atom. The minimum absolute atomic E-state index is 0.0691. The van der Waals surface area contributed by atoms with Gasteiger partial charge in [0.1, 0.15) is 18.1 Å². The molecule has 14 N–H and O–H groups in total. The summed E-state index contributed by atoms with van der Waals surface area (Å²) in [7, 11) is 0. The van der Waals surface area contributed by atoms with Crippen LogP contribution in [0.15, 0.2) is 4.99 Å². The van der Waals surface area contributed by atoms with Gasteiger partial charge in [-0.25, -0.2) is 4.79 Å². The van der Waals surface area contributed by atoms with Crippen LogP contribution in [0.1, 0.15) is 38.5 Å². The average Bonchev–Trinajstić information content (AvgIpc) is 2.76. The number of nitrogens with zero attached hydrogens (tertiary/aromatic N) is 1. The number of nitrogens with one attached hydrogen (secondary N) is 3. The Morgan fingerprint density at radius 2 is 1.24 bits per heavy atom. The lowest BCUT2D eigenvalue weighted by Gasteiger charge is -2.24. The molecule has 0 aromatic rings. The van der Waals surface area contributed by atoms with E-state index in [1.807, 2.05) is 5.32 Å². The number of carbonyl (C=O) groups excluding carboxylic acids is 4. The molecule has 0 aliphatic carbocycles. The van der Waals surface area contributed by atoms with Gasteiger partial charge in [0.15, 0.2) is 5.96 Å². The predicted octanol–water partition coefficient (Wildman–Crippen LogP) is -4.88. The van der Waals surface area contributed by atoms with Crippen LogP contribution in [-0.2, 0) is 33.6 Å². The highest BCUT2D eigenvalue weighted by Gasteiger charge is 2.31. The third-order valence-electron chi connectivity index (χ3n) is 4.61. The molecule has 0 spiro atoms. The first-order chi connectivity index (χ1) is 17.1. The van der Waals surface area contributed by atoms with Crippen molar-refractivity contribution in [2.24, 2.45) is 27.9 Å². The van der Waals surface area contributed by atoms with Crippen molar-refractivity contribution in [1.29, 1.82) is 0 Å². The predicted molar refractivity (Wildman–Crippen MR) is 124 cm³/mol. The van der Waals surface area contributed by atoms with E-state index in [4.69, 9.17) is 33.1 Å². The van der Waals surface area contributed by atoms with E-state index in [1.54, 1.807) is 0 Å². The van der Waals surface area contributed by atoms with Gasteiger partial charge in [-0.05, 0) is 19.3 Å². The highest BCUT2D eigenvalue weighted by atomic mass is 16.4. The molecule has 0 saturated heterocycles. The number of hydrogen-bond acceptors (Lipinski definition) is 9. The molecule has 4 unspecified atom stereocenters. The van der Waals surface area contributed by atoms with E-state index in [0.717, 1.165) is 0 Å². The third kappa shape index (κ3) is 14.5. The fourth-order valence-corrected chi connectivity index (χ4v) is 2.81. The minimum atomic E-state index is -1.69. The maximum Gasteiger partial charge on any atom is 0.326 e. The van der Waals surface area contributed by atoms with Gasteiger partial charge in [0.2, 0.25) is 23.6 Å². The molecule has 208 valence electrons. The van der Waals surface area contributed by atoms with Gasteiger partial charge in [-0.1, -0.05) is 0 Å². The number of amides is 4. The van der Waals surface area contributed by atoms with Gasteiger partial charge in [-0.2, -0.15) is 0 Å². The van der Waals surface area contributed by atoms with Crippen LogP contribution in [0, 0.1) is 0 Å². The number of guanidine groups is 1. The first-order valence-electron chi connectivity index (χ1n) is 10.8. The van der Waals surface area contributed by atoms with Crippen LogP contribution in [0.4, 0.5) is 0 Å². The quantitative estimate of drug-likeness (QED) is 0.0450. The normalized spacial score (nSPS) is 13.6. The molecule has 0 radical (unpaired) electrons. The lowest BCUT2D eigenvalue weighted by atomic mass is 10.1. The van der Waals surface area contributed by atoms with Gasteiger partial charge in [0.05, 0.1) is 18.9 Å². The van der Waals surface area contributed by atoms with Crippen molar-refractivity contribution in [3.05, 3.63) is 0 Å². The Morgan fingerprint density at radius 3 is 1.73 bits per heavy atom. The summed E-state index contributed by atoms with van der Waals surface area (Å²) >= 11 is 0. The monoisotopic (exact) mass is 532 g/mol. The SMILES string of the molecule is NC(=O)CC(NC(=O)C(N)CC(=O)O)C(=O)NC(CCC(=O)O)C(=O)NC(CCCN=C(N)N)C(=O)O. The van der Waals surface area contributed by atoms with E-state index in [2.05, 4.69) is 15.6 Å². The number of rotatable bonds is 18. The Kier molecular flexibility index (Phi) is 14.3. The molecule has 4 atom stereocenters. The number of nitrogens with two attached hydrogens (primary N) is 4. The Bertz CT molecular complexity index is 905. The molecule has 0 aromatic heterocycles. The standard InChI is InChI=1S/C19H32N8O10/c20-8(6-14(31)32)15(33)27-11(7-12(21)28)17(35)25-9(3-4-13(29)30)16(34)26-10(18(36)37)2-1-5-24-19(22)23/h8-11H,1-7,20H2,(H2,21,28)(H,25,35)(H,26,34)(H,27,33)(H,29,30)(H,31,32)(H,36,37)(H4,22,23,24). The minimum Gasteiger partial charge on any atom is -0.481 e. The summed E-state index contributed by atoms with van der Waals surface area (Å²) in [6.07, 6.45) is -2.61. The Balaban J connectivity index is 5.58. The Hall–Kier alpha value is -4.48. The number of carboxylic acid groups (broad SMARTS) is 3. The van der Waals surface area contributed by atoms with Crippen molar-refractivity contribution in [2.75, 3.05) is 6.54 Å². The van der Waals surface area contributed by atoms with Gasteiger partial charge in [0, 0.05) is 13.0 Å². The van der Waals surface area contributed by atoms with Crippen molar-refractivity contribution in [2.45, 2.75) is 62.7 Å². The number of primary amides is 1. The lowest BCUT2D eigenvalue weighted by Crippen LogP contribution is -2.57. The summed E-state index contributed by atoms with van der Waals surface area (Å²) in [5, 5.41) is 33.5. The van der Waals surface area contributed by atoms with Crippen molar-refractivity contribution in [3.63, 3.8) is 0 Å². The van der Waals surface area contributed by atoms with Crippen LogP contribution in [0.3, 0.4) is 0 Å². The second kappa shape index (κ2) is 16.2. The topological polar surface area (TPSA) is 333 Å². The fraction of sp³-hybridized carbons (Fsp3) is 0.579. The molecule has 0 rings (SSSR count). The summed E-state index contributed by atoms with van der Waals surface area (Å²) in [5.74, 6) is -8.75. The smallest absolute Gasteiger partial charge is 0.326 e. The lowest BCUT2D eigenvalue weighted by molar-refractivity contribution is -0.143. The first kappa shape index (κ1) is 32.5. The maximum absolute atomic E-state index is 12.7. The zero-order valence-electron chi connectivity index (χ0n) is 19.7. The summed E-state index contributed by atoms with van der Waals surface area (Å²) in [5.41, 5.74) is 20.9. The molecule has 0 fully saturated rings. The fourth-order valence-electron chi connectivity index (χ4n) is 2.81. The van der Waals surface area contributed by atoms with Gasteiger partial charge in [0.25, 0.3) is 0 Å². The second-order valence-corrected chi connectivity index (χ2v) is 7.78. The molecule has 4 amide bonds. The summed E-state index contributed by atoms with van der Waals surface area (Å²) < 4.78 is 0. The van der Waals surface area contributed by atoms with Gasteiger partial charge >= 0.3 is 17.9 Å². The molecular formula is C19H32N8O10. The molecule has 0 aliphatic heterocycles. The molecule has 18 nitrogen and oxygen atoms in total. The van der Waals surface area contributed by atoms with Crippen LogP contribution in [0.2, 0.25) is 0 Å². The van der Waals surface area contributed by atoms with Crippen LogP contribution in [0.5, 0.6) is 0 Å². The van der Waals surface area contributed by atoms with E-state index in [9.17, 15) is 38.7 Å². The molecule has 0 heterocycles. The number of carboxylic acids is 3. The highest BCUT2D eigenvalue weighted by molar-refractivity contribution is 5.96. The van der Waals surface area contributed by atoms with Gasteiger partial charge in [-0.15, -0.1) is 0 Å².